The van der Waals surface area contributed by atoms with Gasteiger partial charge in [0.2, 0.25) is 5.91 Å². The number of nitrogens with zero attached hydrogens (tertiary/aromatic N) is 1. The van der Waals surface area contributed by atoms with Crippen LogP contribution in [-0.2, 0) is 16.0 Å². The van der Waals surface area contributed by atoms with Gasteiger partial charge in [-0.2, -0.15) is 0 Å². The molecular weight excluding hydrogens is 332 g/mol. The number of carbonyl (C=O) groups is 2. The molecule has 1 unspecified atom stereocenters. The summed E-state index contributed by atoms with van der Waals surface area (Å²) in [6.07, 6.45) is 0.363. The van der Waals surface area contributed by atoms with Gasteiger partial charge in [0, 0.05) is 12.8 Å². The van der Waals surface area contributed by atoms with Gasteiger partial charge < -0.3 is 14.8 Å². The van der Waals surface area contributed by atoms with Gasteiger partial charge in [0.05, 0.1) is 12.5 Å². The van der Waals surface area contributed by atoms with Crippen molar-refractivity contribution in [2.24, 2.45) is 0 Å². The number of carboxylic acid groups (broad SMARTS) is 1. The van der Waals surface area contributed by atoms with Crippen molar-refractivity contribution in [1.29, 1.82) is 0 Å². The van der Waals surface area contributed by atoms with Crippen LogP contribution in [-0.4, -0.2) is 22.0 Å². The molecule has 0 saturated heterocycles. The van der Waals surface area contributed by atoms with E-state index >= 15 is 0 Å². The molecule has 3 aromatic rings. The van der Waals surface area contributed by atoms with Crippen molar-refractivity contribution in [1.82, 2.24) is 10.3 Å². The van der Waals surface area contributed by atoms with Gasteiger partial charge in [0.15, 0.2) is 11.5 Å². The number of aromatic nitrogens is 1. The minimum atomic E-state index is -0.961. The third-order valence-corrected chi connectivity index (χ3v) is 4.18. The van der Waals surface area contributed by atoms with Gasteiger partial charge >= 0.3 is 5.97 Å². The van der Waals surface area contributed by atoms with Crippen molar-refractivity contribution in [3.8, 4) is 0 Å². The first-order chi connectivity index (χ1) is 12.5. The van der Waals surface area contributed by atoms with Crippen LogP contribution in [0.15, 0.2) is 52.9 Å². The lowest BCUT2D eigenvalue weighted by Gasteiger charge is -2.19. The molecule has 1 heterocycles. The Kier molecular flexibility index (Phi) is 5.31. The Balaban J connectivity index is 1.65. The third kappa shape index (κ3) is 4.27. The largest absolute Gasteiger partial charge is 0.481 e. The quantitative estimate of drug-likeness (QED) is 0.680. The number of hydrogen-bond acceptors (Lipinski definition) is 4. The molecule has 0 spiro atoms. The number of oxazole rings is 1. The van der Waals surface area contributed by atoms with Gasteiger partial charge in [-0.15, -0.1) is 0 Å². The Bertz CT molecular complexity index is 899. The molecule has 0 saturated carbocycles. The molecule has 0 aliphatic rings. The van der Waals surface area contributed by atoms with Gasteiger partial charge in [-0.05, 0) is 30.2 Å². The lowest BCUT2D eigenvalue weighted by molar-refractivity contribution is -0.137. The van der Waals surface area contributed by atoms with E-state index in [4.69, 9.17) is 9.52 Å². The summed E-state index contributed by atoms with van der Waals surface area (Å²) in [4.78, 5) is 27.9. The van der Waals surface area contributed by atoms with Crippen molar-refractivity contribution in [3.05, 3.63) is 65.5 Å². The first-order valence-electron chi connectivity index (χ1n) is 8.44. The summed E-state index contributed by atoms with van der Waals surface area (Å²) in [5.41, 5.74) is 3.20. The Hall–Kier alpha value is -3.15. The van der Waals surface area contributed by atoms with Crippen LogP contribution < -0.4 is 5.32 Å². The number of aliphatic carboxylic acids is 1. The van der Waals surface area contributed by atoms with E-state index in [1.54, 1.807) is 0 Å². The van der Waals surface area contributed by atoms with E-state index in [1.165, 1.54) is 0 Å². The molecule has 1 aromatic heterocycles. The summed E-state index contributed by atoms with van der Waals surface area (Å²) in [6.45, 7) is 1.90. The molecular formula is C20H20N2O4. The highest BCUT2D eigenvalue weighted by Crippen LogP contribution is 2.21. The van der Waals surface area contributed by atoms with Gasteiger partial charge in [0.1, 0.15) is 5.52 Å². The normalized spacial score (nSPS) is 12.0. The summed E-state index contributed by atoms with van der Waals surface area (Å²) < 4.78 is 5.61. The smallest absolute Gasteiger partial charge is 0.305 e. The van der Waals surface area contributed by atoms with E-state index in [9.17, 15) is 9.59 Å². The zero-order chi connectivity index (χ0) is 18.5. The van der Waals surface area contributed by atoms with Crippen LogP contribution in [0.25, 0.3) is 11.1 Å². The highest BCUT2D eigenvalue weighted by molar-refractivity contribution is 5.78. The number of amides is 1. The van der Waals surface area contributed by atoms with Gasteiger partial charge in [-0.1, -0.05) is 36.4 Å². The predicted octanol–water partition coefficient (Wildman–Crippen LogP) is 3.40. The number of aryl methyl sites for hydroxylation is 2. The van der Waals surface area contributed by atoms with Crippen molar-refractivity contribution in [2.75, 3.05) is 0 Å². The number of carboxylic acids is 1. The number of para-hydroxylation sites is 2. The van der Waals surface area contributed by atoms with Crippen LogP contribution in [0.2, 0.25) is 0 Å². The average Bonchev–Trinajstić information content (AvgIpc) is 3.02. The highest BCUT2D eigenvalue weighted by Gasteiger charge is 2.20. The van der Waals surface area contributed by atoms with Crippen LogP contribution in [0, 0.1) is 6.92 Å². The number of nitrogens with one attached hydrogen (secondary N) is 1. The molecule has 0 fully saturated rings. The lowest BCUT2D eigenvalue weighted by atomic mass is 9.98. The summed E-state index contributed by atoms with van der Waals surface area (Å²) in [6, 6.07) is 14.3. The first kappa shape index (κ1) is 17.7. The maximum atomic E-state index is 12.3. The van der Waals surface area contributed by atoms with Crippen LogP contribution in [0.1, 0.15) is 35.9 Å². The number of carbonyl (C=O) groups excluding carboxylic acids is 1. The summed E-state index contributed by atoms with van der Waals surface area (Å²) in [7, 11) is 0. The monoisotopic (exact) mass is 352 g/mol. The SMILES string of the molecule is Cc1ccccc1C(CC(=O)O)NC(=O)CCc1nc2ccccc2o1. The minimum Gasteiger partial charge on any atom is -0.481 e. The molecule has 0 aliphatic heterocycles. The van der Waals surface area contributed by atoms with E-state index in [0.29, 0.717) is 17.9 Å². The second-order valence-corrected chi connectivity index (χ2v) is 6.15. The second-order valence-electron chi connectivity index (χ2n) is 6.15. The van der Waals surface area contributed by atoms with Crippen LogP contribution in [0.4, 0.5) is 0 Å². The number of benzene rings is 2. The lowest BCUT2D eigenvalue weighted by Crippen LogP contribution is -2.30. The standard InChI is InChI=1S/C20H20N2O4/c1-13-6-2-3-7-14(13)16(12-20(24)25)21-18(23)10-11-19-22-15-8-4-5-9-17(15)26-19/h2-9,16H,10-12H2,1H3,(H,21,23)(H,24,25). The summed E-state index contributed by atoms with van der Waals surface area (Å²) >= 11 is 0. The fourth-order valence-corrected chi connectivity index (χ4v) is 2.90. The fraction of sp³-hybridized carbons (Fsp3) is 0.250. The van der Waals surface area contributed by atoms with E-state index in [-0.39, 0.29) is 18.7 Å². The molecule has 3 rings (SSSR count). The van der Waals surface area contributed by atoms with E-state index < -0.39 is 12.0 Å². The number of fused-ring (bicyclic) bond motifs is 1. The Morgan fingerprint density at radius 2 is 1.88 bits per heavy atom. The molecule has 1 amide bonds. The van der Waals surface area contributed by atoms with Crippen molar-refractivity contribution in [2.45, 2.75) is 32.2 Å². The molecule has 26 heavy (non-hydrogen) atoms. The maximum absolute atomic E-state index is 12.3. The second kappa shape index (κ2) is 7.82. The molecule has 0 aliphatic carbocycles. The average molecular weight is 352 g/mol. The van der Waals surface area contributed by atoms with Gasteiger partial charge in [0.25, 0.3) is 0 Å². The van der Waals surface area contributed by atoms with E-state index in [2.05, 4.69) is 10.3 Å². The third-order valence-electron chi connectivity index (χ3n) is 4.18. The number of hydrogen-bond donors (Lipinski definition) is 2. The highest BCUT2D eigenvalue weighted by atomic mass is 16.4. The summed E-state index contributed by atoms with van der Waals surface area (Å²) in [5.74, 6) is -0.703. The van der Waals surface area contributed by atoms with Crippen LogP contribution >= 0.6 is 0 Å². The summed E-state index contributed by atoms with van der Waals surface area (Å²) in [5, 5.41) is 12.0. The molecule has 1 atom stereocenters. The van der Waals surface area contributed by atoms with E-state index in [0.717, 1.165) is 16.6 Å². The fourth-order valence-electron chi connectivity index (χ4n) is 2.90. The van der Waals surface area contributed by atoms with Crippen LogP contribution in [0.5, 0.6) is 0 Å². The first-order valence-corrected chi connectivity index (χ1v) is 8.44. The van der Waals surface area contributed by atoms with Gasteiger partial charge in [-0.25, -0.2) is 4.98 Å². The topological polar surface area (TPSA) is 92.4 Å². The Morgan fingerprint density at radius 1 is 1.15 bits per heavy atom. The minimum absolute atomic E-state index is 0.167. The molecule has 0 radical (unpaired) electrons. The maximum Gasteiger partial charge on any atom is 0.305 e. The molecule has 2 N–H and O–H groups in total. The van der Waals surface area contributed by atoms with Crippen molar-refractivity contribution >= 4 is 23.0 Å². The number of rotatable bonds is 7. The molecule has 6 nitrogen and oxygen atoms in total. The Morgan fingerprint density at radius 3 is 2.62 bits per heavy atom. The van der Waals surface area contributed by atoms with E-state index in [1.807, 2.05) is 55.5 Å². The molecule has 2 aromatic carbocycles. The van der Waals surface area contributed by atoms with Crippen LogP contribution in [0.3, 0.4) is 0 Å². The molecule has 6 heteroatoms. The zero-order valence-corrected chi connectivity index (χ0v) is 14.4. The molecule has 0 bridgehead atoms. The van der Waals surface area contributed by atoms with Gasteiger partial charge in [-0.3, -0.25) is 9.59 Å². The molecule has 134 valence electrons. The predicted molar refractivity (Wildman–Crippen MR) is 96.6 cm³/mol. The zero-order valence-electron chi connectivity index (χ0n) is 14.4. The van der Waals surface area contributed by atoms with Crippen molar-refractivity contribution < 1.29 is 19.1 Å². The van der Waals surface area contributed by atoms with Crippen molar-refractivity contribution in [3.63, 3.8) is 0 Å². The Labute approximate surface area is 150 Å².